The van der Waals surface area contributed by atoms with Gasteiger partial charge in [0, 0.05) is 22.3 Å². The van der Waals surface area contributed by atoms with Crippen molar-refractivity contribution in [3.63, 3.8) is 0 Å². The normalized spacial score (nSPS) is 10.7. The Balaban J connectivity index is 1.57. The SMILES string of the molecule is CCCCOc1ccc(/C=C/C(=O)Oc2ccc(C(=O)Nc3ccc(Cl)cc3)cc2)cc1OCC. The minimum absolute atomic E-state index is 0.280. The summed E-state index contributed by atoms with van der Waals surface area (Å²) in [5, 5.41) is 3.37. The molecular formula is C28H28ClNO5. The van der Waals surface area contributed by atoms with E-state index in [2.05, 4.69) is 12.2 Å². The Labute approximate surface area is 210 Å². The van der Waals surface area contributed by atoms with E-state index in [4.69, 9.17) is 25.8 Å². The lowest BCUT2D eigenvalue weighted by Gasteiger charge is -2.12. The van der Waals surface area contributed by atoms with Gasteiger partial charge in [-0.2, -0.15) is 0 Å². The molecule has 0 bridgehead atoms. The fraction of sp³-hybridized carbons (Fsp3) is 0.214. The summed E-state index contributed by atoms with van der Waals surface area (Å²) in [6.45, 7) is 5.14. The first-order valence-corrected chi connectivity index (χ1v) is 11.8. The highest BCUT2D eigenvalue weighted by Gasteiger charge is 2.09. The van der Waals surface area contributed by atoms with E-state index < -0.39 is 5.97 Å². The Kier molecular flexibility index (Phi) is 9.75. The smallest absolute Gasteiger partial charge is 0.336 e. The lowest BCUT2D eigenvalue weighted by Crippen LogP contribution is -2.11. The number of benzene rings is 3. The molecule has 0 aliphatic rings. The van der Waals surface area contributed by atoms with Crippen LogP contribution in [0.5, 0.6) is 17.2 Å². The van der Waals surface area contributed by atoms with Crippen molar-refractivity contribution in [2.75, 3.05) is 18.5 Å². The molecule has 0 aromatic heterocycles. The number of unbranched alkanes of at least 4 members (excludes halogenated alkanes) is 1. The van der Waals surface area contributed by atoms with Crippen molar-refractivity contribution < 1.29 is 23.8 Å². The summed E-state index contributed by atoms with van der Waals surface area (Å²) >= 11 is 5.86. The Hall–Kier alpha value is -3.77. The van der Waals surface area contributed by atoms with Crippen LogP contribution in [-0.4, -0.2) is 25.1 Å². The molecule has 3 aromatic carbocycles. The first-order chi connectivity index (χ1) is 17.0. The van der Waals surface area contributed by atoms with Gasteiger partial charge in [0.25, 0.3) is 5.91 Å². The van der Waals surface area contributed by atoms with Gasteiger partial charge in [-0.1, -0.05) is 31.0 Å². The minimum atomic E-state index is -0.537. The maximum Gasteiger partial charge on any atom is 0.336 e. The number of hydrogen-bond donors (Lipinski definition) is 1. The number of esters is 1. The highest BCUT2D eigenvalue weighted by Crippen LogP contribution is 2.29. The molecule has 1 amide bonds. The van der Waals surface area contributed by atoms with E-state index in [0.29, 0.717) is 46.7 Å². The number of amides is 1. The van der Waals surface area contributed by atoms with Crippen LogP contribution in [0.3, 0.4) is 0 Å². The first-order valence-electron chi connectivity index (χ1n) is 11.4. The van der Waals surface area contributed by atoms with E-state index in [-0.39, 0.29) is 5.91 Å². The van der Waals surface area contributed by atoms with E-state index in [1.165, 1.54) is 6.08 Å². The average Bonchev–Trinajstić information content (AvgIpc) is 2.86. The monoisotopic (exact) mass is 493 g/mol. The van der Waals surface area contributed by atoms with Gasteiger partial charge in [0.2, 0.25) is 0 Å². The molecule has 6 nitrogen and oxygen atoms in total. The summed E-state index contributed by atoms with van der Waals surface area (Å²) < 4.78 is 16.8. The molecule has 1 N–H and O–H groups in total. The van der Waals surface area contributed by atoms with Crippen LogP contribution in [0.1, 0.15) is 42.6 Å². The average molecular weight is 494 g/mol. The number of carbonyl (C=O) groups excluding carboxylic acids is 2. The van der Waals surface area contributed by atoms with Crippen LogP contribution in [0.2, 0.25) is 5.02 Å². The highest BCUT2D eigenvalue weighted by molar-refractivity contribution is 6.30. The first kappa shape index (κ1) is 25.8. The largest absolute Gasteiger partial charge is 0.490 e. The number of nitrogens with one attached hydrogen (secondary N) is 1. The van der Waals surface area contributed by atoms with Crippen LogP contribution < -0.4 is 19.5 Å². The zero-order valence-electron chi connectivity index (χ0n) is 19.8. The second-order valence-electron chi connectivity index (χ2n) is 7.58. The number of halogens is 1. The van der Waals surface area contributed by atoms with Crippen LogP contribution >= 0.6 is 11.6 Å². The summed E-state index contributed by atoms with van der Waals surface area (Å²) in [6, 6.07) is 18.6. The number of ether oxygens (including phenoxy) is 3. The summed E-state index contributed by atoms with van der Waals surface area (Å²) in [4.78, 5) is 24.7. The Morgan fingerprint density at radius 1 is 0.914 bits per heavy atom. The second-order valence-corrected chi connectivity index (χ2v) is 8.02. The molecule has 0 saturated carbocycles. The number of carbonyl (C=O) groups is 2. The molecule has 0 saturated heterocycles. The summed E-state index contributed by atoms with van der Waals surface area (Å²) in [7, 11) is 0. The Morgan fingerprint density at radius 3 is 2.34 bits per heavy atom. The predicted molar refractivity (Wildman–Crippen MR) is 139 cm³/mol. The molecule has 0 aliphatic heterocycles. The molecule has 0 aliphatic carbocycles. The molecule has 3 aromatic rings. The third-order valence-corrected chi connectivity index (χ3v) is 5.12. The van der Waals surface area contributed by atoms with Gasteiger partial charge in [-0.3, -0.25) is 4.79 Å². The topological polar surface area (TPSA) is 73.9 Å². The molecule has 0 radical (unpaired) electrons. The quantitative estimate of drug-likeness (QED) is 0.138. The van der Waals surface area contributed by atoms with Crippen LogP contribution in [0.15, 0.2) is 72.8 Å². The molecule has 0 fully saturated rings. The van der Waals surface area contributed by atoms with Gasteiger partial charge in [0.05, 0.1) is 13.2 Å². The van der Waals surface area contributed by atoms with Crippen molar-refractivity contribution in [3.8, 4) is 17.2 Å². The van der Waals surface area contributed by atoms with Crippen molar-refractivity contribution in [2.24, 2.45) is 0 Å². The Morgan fingerprint density at radius 2 is 1.66 bits per heavy atom. The summed E-state index contributed by atoms with van der Waals surface area (Å²) in [6.07, 6.45) is 5.00. The van der Waals surface area contributed by atoms with E-state index in [9.17, 15) is 9.59 Å². The molecule has 182 valence electrons. The summed E-state index contributed by atoms with van der Waals surface area (Å²) in [5.74, 6) is 0.825. The molecule has 3 rings (SSSR count). The van der Waals surface area contributed by atoms with Gasteiger partial charge in [-0.15, -0.1) is 0 Å². The van der Waals surface area contributed by atoms with Crippen LogP contribution in [-0.2, 0) is 4.79 Å². The third kappa shape index (κ3) is 8.19. The second kappa shape index (κ2) is 13.2. The van der Waals surface area contributed by atoms with E-state index in [1.807, 2.05) is 25.1 Å². The van der Waals surface area contributed by atoms with Gasteiger partial charge in [-0.25, -0.2) is 4.79 Å². The van der Waals surface area contributed by atoms with Crippen LogP contribution in [0.4, 0.5) is 5.69 Å². The van der Waals surface area contributed by atoms with Crippen LogP contribution in [0.25, 0.3) is 6.08 Å². The maximum absolute atomic E-state index is 12.4. The number of hydrogen-bond acceptors (Lipinski definition) is 5. The van der Waals surface area contributed by atoms with E-state index >= 15 is 0 Å². The molecular weight excluding hydrogens is 466 g/mol. The number of rotatable bonds is 11. The zero-order chi connectivity index (χ0) is 25.0. The predicted octanol–water partition coefficient (Wildman–Crippen LogP) is 6.79. The van der Waals surface area contributed by atoms with E-state index in [1.54, 1.807) is 54.6 Å². The fourth-order valence-corrected chi connectivity index (χ4v) is 3.19. The molecule has 0 atom stereocenters. The van der Waals surface area contributed by atoms with Crippen molar-refractivity contribution in [2.45, 2.75) is 26.7 Å². The van der Waals surface area contributed by atoms with Crippen molar-refractivity contribution in [3.05, 3.63) is 89.0 Å². The zero-order valence-corrected chi connectivity index (χ0v) is 20.5. The lowest BCUT2D eigenvalue weighted by molar-refractivity contribution is -0.128. The Bertz CT molecular complexity index is 1160. The summed E-state index contributed by atoms with van der Waals surface area (Å²) in [5.41, 5.74) is 1.84. The fourth-order valence-electron chi connectivity index (χ4n) is 3.07. The standard InChI is InChI=1S/C28H28ClNO5/c1-3-5-18-34-25-16-6-20(19-26(25)33-4-2)7-17-27(31)35-24-14-8-21(9-15-24)28(32)30-23-12-10-22(29)11-13-23/h6-17,19H,3-5,18H2,1-2H3,(H,30,32)/b17-7+. The number of anilines is 1. The van der Waals surface area contributed by atoms with Gasteiger partial charge in [0.15, 0.2) is 11.5 Å². The maximum atomic E-state index is 12.4. The molecule has 0 spiro atoms. The van der Waals surface area contributed by atoms with Gasteiger partial charge < -0.3 is 19.5 Å². The highest BCUT2D eigenvalue weighted by atomic mass is 35.5. The van der Waals surface area contributed by atoms with Gasteiger partial charge in [0.1, 0.15) is 5.75 Å². The molecule has 35 heavy (non-hydrogen) atoms. The third-order valence-electron chi connectivity index (χ3n) is 4.87. The minimum Gasteiger partial charge on any atom is -0.490 e. The van der Waals surface area contributed by atoms with Crippen molar-refractivity contribution >= 4 is 35.2 Å². The molecule has 0 unspecified atom stereocenters. The molecule has 0 heterocycles. The molecule has 7 heteroatoms. The van der Waals surface area contributed by atoms with Gasteiger partial charge >= 0.3 is 5.97 Å². The van der Waals surface area contributed by atoms with Gasteiger partial charge in [-0.05, 0) is 85.6 Å². The van der Waals surface area contributed by atoms with Crippen molar-refractivity contribution in [1.82, 2.24) is 0 Å². The lowest BCUT2D eigenvalue weighted by atomic mass is 10.2. The van der Waals surface area contributed by atoms with Crippen LogP contribution in [0, 0.1) is 0 Å². The van der Waals surface area contributed by atoms with E-state index in [0.717, 1.165) is 18.4 Å². The van der Waals surface area contributed by atoms with Crippen molar-refractivity contribution in [1.29, 1.82) is 0 Å².